The number of ether oxygens (including phenoxy) is 5. The van der Waals surface area contributed by atoms with E-state index in [0.29, 0.717) is 19.4 Å². The van der Waals surface area contributed by atoms with Crippen molar-refractivity contribution in [2.45, 2.75) is 186 Å². The molecule has 0 N–H and O–H groups in total. The predicted molar refractivity (Wildman–Crippen MR) is 205 cm³/mol. The van der Waals surface area contributed by atoms with Crippen LogP contribution < -0.4 is 0 Å². The van der Waals surface area contributed by atoms with Gasteiger partial charge in [0.2, 0.25) is 0 Å². The van der Waals surface area contributed by atoms with Gasteiger partial charge >= 0.3 is 12.1 Å². The van der Waals surface area contributed by atoms with Crippen molar-refractivity contribution in [3.05, 3.63) is 24.3 Å². The average molecular weight is 708 g/mol. The molecular weight excluding hydrogens is 630 g/mol. The SMILES string of the molecule is CCCCC/C=C/C/C=C/CCCCCCCC(=O)OCCC(CCCCCCCCCCOC1CCCCO1)OC(=O)OCCCN(C)C. The van der Waals surface area contributed by atoms with Gasteiger partial charge in [-0.2, -0.15) is 0 Å². The lowest BCUT2D eigenvalue weighted by atomic mass is 10.0. The Bertz CT molecular complexity index is 825. The molecule has 292 valence electrons. The second-order valence-corrected chi connectivity index (χ2v) is 14.3. The Morgan fingerprint density at radius 3 is 2.04 bits per heavy atom. The Morgan fingerprint density at radius 1 is 0.700 bits per heavy atom. The normalized spacial score (nSPS) is 15.6. The second kappa shape index (κ2) is 35.5. The largest absolute Gasteiger partial charge is 0.508 e. The van der Waals surface area contributed by atoms with Gasteiger partial charge in [0.05, 0.1) is 13.2 Å². The summed E-state index contributed by atoms with van der Waals surface area (Å²) >= 11 is 0. The first-order valence-corrected chi connectivity index (χ1v) is 20.7. The number of hydrogen-bond acceptors (Lipinski definition) is 8. The van der Waals surface area contributed by atoms with Crippen molar-refractivity contribution in [1.82, 2.24) is 4.90 Å². The molecule has 0 aromatic rings. The van der Waals surface area contributed by atoms with Gasteiger partial charge in [0.25, 0.3) is 0 Å². The molecule has 0 bridgehead atoms. The van der Waals surface area contributed by atoms with Crippen molar-refractivity contribution >= 4 is 12.1 Å². The van der Waals surface area contributed by atoms with E-state index in [1.807, 2.05) is 14.1 Å². The highest BCUT2D eigenvalue weighted by atomic mass is 16.7. The third-order valence-electron chi connectivity index (χ3n) is 9.13. The summed E-state index contributed by atoms with van der Waals surface area (Å²) in [6, 6.07) is 0. The second-order valence-electron chi connectivity index (χ2n) is 14.3. The zero-order chi connectivity index (χ0) is 36.2. The number of unbranched alkanes of at least 4 members (excludes halogenated alkanes) is 15. The summed E-state index contributed by atoms with van der Waals surface area (Å²) in [6.45, 7) is 5.34. The molecule has 0 aromatic carbocycles. The van der Waals surface area contributed by atoms with Crippen molar-refractivity contribution in [1.29, 1.82) is 0 Å². The minimum atomic E-state index is -0.621. The molecule has 0 aromatic heterocycles. The Kier molecular flexibility index (Phi) is 32.7. The van der Waals surface area contributed by atoms with Crippen molar-refractivity contribution in [2.75, 3.05) is 47.1 Å². The van der Waals surface area contributed by atoms with Crippen molar-refractivity contribution in [3.8, 4) is 0 Å². The number of carbonyl (C=O) groups excluding carboxylic acids is 2. The van der Waals surface area contributed by atoms with Crippen molar-refractivity contribution < 1.29 is 33.3 Å². The molecule has 1 rings (SSSR count). The van der Waals surface area contributed by atoms with Crippen LogP contribution >= 0.6 is 0 Å². The minimum absolute atomic E-state index is 0.0224. The van der Waals surface area contributed by atoms with Gasteiger partial charge in [0.15, 0.2) is 6.29 Å². The van der Waals surface area contributed by atoms with E-state index in [1.54, 1.807) is 0 Å². The first-order valence-electron chi connectivity index (χ1n) is 20.7. The molecule has 2 atom stereocenters. The van der Waals surface area contributed by atoms with Gasteiger partial charge in [-0.05, 0) is 97.6 Å². The molecule has 8 nitrogen and oxygen atoms in total. The monoisotopic (exact) mass is 708 g/mol. The number of hydrogen-bond donors (Lipinski definition) is 0. The smallest absolute Gasteiger partial charge is 0.466 e. The fourth-order valence-electron chi connectivity index (χ4n) is 6.02. The molecule has 1 aliphatic rings. The van der Waals surface area contributed by atoms with Crippen molar-refractivity contribution in [3.63, 3.8) is 0 Å². The fraction of sp³-hybridized carbons (Fsp3) is 0.857. The number of esters is 1. The average Bonchev–Trinajstić information content (AvgIpc) is 3.11. The molecule has 0 spiro atoms. The van der Waals surface area contributed by atoms with Crippen LogP contribution in [-0.2, 0) is 28.5 Å². The van der Waals surface area contributed by atoms with Crippen molar-refractivity contribution in [2.24, 2.45) is 0 Å². The van der Waals surface area contributed by atoms with Crippen LogP contribution in [0.25, 0.3) is 0 Å². The Labute approximate surface area is 307 Å². The first kappa shape index (κ1) is 46.1. The van der Waals surface area contributed by atoms with E-state index in [0.717, 1.165) is 96.8 Å². The standard InChI is InChI=1S/C42H77NO7/c1-4-5-6-7-8-9-10-11-12-13-14-15-19-22-25-31-40(44)46-38-33-39(50-42(45)49-37-29-34-43(2)3)30-24-21-18-16-17-20-23-27-35-47-41-32-26-28-36-48-41/h8-9,11-12,39,41H,4-7,10,13-38H2,1-3H3/b9-8+,12-11+. The van der Waals surface area contributed by atoms with Crippen LogP contribution in [0.1, 0.15) is 174 Å². The number of nitrogens with zero attached hydrogens (tertiary/aromatic N) is 1. The number of allylic oxidation sites excluding steroid dienone is 4. The van der Waals surface area contributed by atoms with Crippen LogP contribution in [0.4, 0.5) is 4.79 Å². The Morgan fingerprint density at radius 2 is 1.36 bits per heavy atom. The summed E-state index contributed by atoms with van der Waals surface area (Å²) in [5.74, 6) is -0.158. The van der Waals surface area contributed by atoms with Crippen LogP contribution in [0.3, 0.4) is 0 Å². The lowest BCUT2D eigenvalue weighted by molar-refractivity contribution is -0.162. The van der Waals surface area contributed by atoms with Gasteiger partial charge in [-0.15, -0.1) is 0 Å². The van der Waals surface area contributed by atoms with E-state index in [9.17, 15) is 9.59 Å². The van der Waals surface area contributed by atoms with Gasteiger partial charge in [-0.3, -0.25) is 4.79 Å². The van der Waals surface area contributed by atoms with Gasteiger partial charge in [-0.1, -0.05) is 102 Å². The van der Waals surface area contributed by atoms with E-state index in [4.69, 9.17) is 23.7 Å². The summed E-state index contributed by atoms with van der Waals surface area (Å²) in [5.41, 5.74) is 0. The zero-order valence-electron chi connectivity index (χ0n) is 32.7. The number of carbonyl (C=O) groups is 2. The number of rotatable bonds is 34. The minimum Gasteiger partial charge on any atom is -0.466 e. The highest BCUT2D eigenvalue weighted by Crippen LogP contribution is 2.17. The summed E-state index contributed by atoms with van der Waals surface area (Å²) in [4.78, 5) is 26.7. The molecule has 1 fully saturated rings. The molecule has 0 saturated carbocycles. The highest BCUT2D eigenvalue weighted by molar-refractivity contribution is 5.69. The van der Waals surface area contributed by atoms with E-state index < -0.39 is 6.16 Å². The van der Waals surface area contributed by atoms with Gasteiger partial charge in [0, 0.05) is 32.6 Å². The van der Waals surface area contributed by atoms with Crippen LogP contribution in [0.5, 0.6) is 0 Å². The van der Waals surface area contributed by atoms with Gasteiger partial charge in [-0.25, -0.2) is 4.79 Å². The van der Waals surface area contributed by atoms with E-state index in [-0.39, 0.29) is 25.0 Å². The van der Waals surface area contributed by atoms with Crippen LogP contribution in [-0.4, -0.2) is 76.5 Å². The molecule has 8 heteroatoms. The molecule has 1 aliphatic heterocycles. The molecule has 0 amide bonds. The van der Waals surface area contributed by atoms with E-state index in [2.05, 4.69) is 36.1 Å². The maximum atomic E-state index is 12.3. The molecular formula is C42H77NO7. The quantitative estimate of drug-likeness (QED) is 0.0371. The van der Waals surface area contributed by atoms with Gasteiger partial charge in [0.1, 0.15) is 6.10 Å². The van der Waals surface area contributed by atoms with Gasteiger partial charge < -0.3 is 28.6 Å². The lowest BCUT2D eigenvalue weighted by Crippen LogP contribution is -2.23. The third-order valence-corrected chi connectivity index (χ3v) is 9.13. The summed E-state index contributed by atoms with van der Waals surface area (Å²) < 4.78 is 27.9. The van der Waals surface area contributed by atoms with E-state index in [1.165, 1.54) is 77.0 Å². The van der Waals surface area contributed by atoms with E-state index >= 15 is 0 Å². The fourth-order valence-corrected chi connectivity index (χ4v) is 6.02. The first-order chi connectivity index (χ1) is 24.5. The molecule has 0 aliphatic carbocycles. The summed E-state index contributed by atoms with van der Waals surface area (Å²) in [6.07, 6.45) is 36.1. The Balaban J connectivity index is 2.14. The summed E-state index contributed by atoms with van der Waals surface area (Å²) in [5, 5.41) is 0. The Hall–Kier alpha value is -1.90. The maximum Gasteiger partial charge on any atom is 0.508 e. The third kappa shape index (κ3) is 32.0. The lowest BCUT2D eigenvalue weighted by Gasteiger charge is -2.22. The summed E-state index contributed by atoms with van der Waals surface area (Å²) in [7, 11) is 3.99. The highest BCUT2D eigenvalue weighted by Gasteiger charge is 2.17. The maximum absolute atomic E-state index is 12.3. The zero-order valence-corrected chi connectivity index (χ0v) is 32.7. The molecule has 1 saturated heterocycles. The predicted octanol–water partition coefficient (Wildman–Crippen LogP) is 11.3. The molecule has 2 unspecified atom stereocenters. The van der Waals surface area contributed by atoms with Crippen LogP contribution in [0.2, 0.25) is 0 Å². The molecule has 0 radical (unpaired) electrons. The van der Waals surface area contributed by atoms with Crippen LogP contribution in [0, 0.1) is 0 Å². The topological polar surface area (TPSA) is 83.5 Å². The molecule has 1 heterocycles. The van der Waals surface area contributed by atoms with Crippen LogP contribution in [0.15, 0.2) is 24.3 Å². The molecule has 50 heavy (non-hydrogen) atoms.